The van der Waals surface area contributed by atoms with E-state index in [1.165, 1.54) is 36.8 Å². The van der Waals surface area contributed by atoms with Crippen molar-refractivity contribution in [3.05, 3.63) is 54.1 Å². The van der Waals surface area contributed by atoms with Crippen LogP contribution >= 0.6 is 0 Å². The van der Waals surface area contributed by atoms with Gasteiger partial charge >= 0.3 is 0 Å². The van der Waals surface area contributed by atoms with Crippen LogP contribution in [-0.2, 0) is 0 Å². The van der Waals surface area contributed by atoms with Crippen molar-refractivity contribution in [3.63, 3.8) is 0 Å². The fraction of sp³-hybridized carbons (Fsp3) is 0. The molecule has 0 spiro atoms. The Morgan fingerprint density at radius 3 is 2.76 bits per heavy atom. The van der Waals surface area contributed by atoms with Gasteiger partial charge in [0.25, 0.3) is 0 Å². The lowest BCUT2D eigenvalue weighted by molar-refractivity contribution is 0.586. The molecule has 0 fully saturated rings. The summed E-state index contributed by atoms with van der Waals surface area (Å²) in [7, 11) is 0. The van der Waals surface area contributed by atoms with Gasteiger partial charge in [0.15, 0.2) is 0 Å². The van der Waals surface area contributed by atoms with Gasteiger partial charge < -0.3 is 5.32 Å². The molecule has 21 heavy (non-hydrogen) atoms. The fourth-order valence-corrected chi connectivity index (χ4v) is 1.88. The molecule has 6 heteroatoms. The Kier molecular flexibility index (Phi) is 3.16. The van der Waals surface area contributed by atoms with E-state index >= 15 is 0 Å². The molecule has 0 saturated heterocycles. The molecule has 0 atom stereocenters. The highest BCUT2D eigenvalue weighted by Crippen LogP contribution is 2.23. The number of nitrogens with zero attached hydrogens (tertiary/aromatic N) is 3. The van der Waals surface area contributed by atoms with Gasteiger partial charge in [-0.15, -0.1) is 6.42 Å². The van der Waals surface area contributed by atoms with Crippen molar-refractivity contribution in [1.29, 1.82) is 0 Å². The minimum absolute atomic E-state index is 0.131. The van der Waals surface area contributed by atoms with Gasteiger partial charge in [0.2, 0.25) is 5.95 Å². The van der Waals surface area contributed by atoms with Gasteiger partial charge in [-0.1, -0.05) is 5.92 Å². The van der Waals surface area contributed by atoms with Gasteiger partial charge in [-0.3, -0.25) is 0 Å². The summed E-state index contributed by atoms with van der Waals surface area (Å²) >= 11 is 0. The van der Waals surface area contributed by atoms with E-state index < -0.39 is 11.8 Å². The predicted octanol–water partition coefficient (Wildman–Crippen LogP) is 3.03. The molecule has 2 heterocycles. The van der Waals surface area contributed by atoms with E-state index in [4.69, 9.17) is 6.42 Å². The van der Waals surface area contributed by atoms with Crippen LogP contribution in [0.3, 0.4) is 0 Å². The number of halogens is 2. The first-order valence-electron chi connectivity index (χ1n) is 5.97. The van der Waals surface area contributed by atoms with Crippen LogP contribution in [0.1, 0.15) is 5.56 Å². The third kappa shape index (κ3) is 2.49. The second kappa shape index (κ2) is 5.13. The summed E-state index contributed by atoms with van der Waals surface area (Å²) < 4.78 is 26.6. The molecule has 0 radical (unpaired) electrons. The Labute approximate surface area is 118 Å². The van der Waals surface area contributed by atoms with E-state index in [0.29, 0.717) is 22.4 Å². The first-order valence-corrected chi connectivity index (χ1v) is 5.97. The molecule has 0 saturated carbocycles. The van der Waals surface area contributed by atoms with Crippen LogP contribution in [0.4, 0.5) is 20.3 Å². The number of fused-ring (bicyclic) bond motifs is 1. The molecular formula is C15H8F2N4. The van der Waals surface area contributed by atoms with Crippen molar-refractivity contribution in [2.45, 2.75) is 0 Å². The Morgan fingerprint density at radius 1 is 1.10 bits per heavy atom. The molecule has 0 unspecified atom stereocenters. The summed E-state index contributed by atoms with van der Waals surface area (Å²) in [5.74, 6) is 1.52. The van der Waals surface area contributed by atoms with E-state index in [9.17, 15) is 8.78 Å². The maximum Gasteiger partial charge on any atom is 0.213 e. The summed E-state index contributed by atoms with van der Waals surface area (Å²) in [6.07, 6.45) is 7.87. The van der Waals surface area contributed by atoms with Gasteiger partial charge in [0.1, 0.15) is 18.0 Å². The molecule has 4 nitrogen and oxygen atoms in total. The van der Waals surface area contributed by atoms with Crippen LogP contribution in [-0.4, -0.2) is 15.0 Å². The zero-order chi connectivity index (χ0) is 14.8. The maximum atomic E-state index is 13.4. The second-order valence-electron chi connectivity index (χ2n) is 4.21. The average Bonchev–Trinajstić information content (AvgIpc) is 2.50. The molecular weight excluding hydrogens is 274 g/mol. The van der Waals surface area contributed by atoms with Crippen molar-refractivity contribution in [2.24, 2.45) is 0 Å². The molecule has 0 aliphatic heterocycles. The third-order valence-electron chi connectivity index (χ3n) is 2.87. The number of anilines is 2. The normalized spacial score (nSPS) is 10.3. The van der Waals surface area contributed by atoms with Crippen LogP contribution < -0.4 is 5.32 Å². The lowest BCUT2D eigenvalue weighted by Gasteiger charge is -2.08. The monoisotopic (exact) mass is 282 g/mol. The predicted molar refractivity (Wildman–Crippen MR) is 74.9 cm³/mol. The number of terminal acetylenes is 1. The summed E-state index contributed by atoms with van der Waals surface area (Å²) in [6, 6.07) is 5.47. The lowest BCUT2D eigenvalue weighted by atomic mass is 10.2. The van der Waals surface area contributed by atoms with Crippen LogP contribution in [0.25, 0.3) is 10.9 Å². The largest absolute Gasteiger partial charge is 0.340 e. The zero-order valence-electron chi connectivity index (χ0n) is 10.6. The van der Waals surface area contributed by atoms with Gasteiger partial charge in [0.05, 0.1) is 17.3 Å². The van der Waals surface area contributed by atoms with Crippen LogP contribution in [0.15, 0.2) is 36.8 Å². The molecule has 0 aliphatic carbocycles. The zero-order valence-corrected chi connectivity index (χ0v) is 10.6. The first kappa shape index (κ1) is 12.9. The van der Waals surface area contributed by atoms with E-state index in [1.807, 2.05) is 0 Å². The number of hydrogen-bond acceptors (Lipinski definition) is 4. The maximum absolute atomic E-state index is 13.4. The van der Waals surface area contributed by atoms with Crippen molar-refractivity contribution in [3.8, 4) is 12.3 Å². The van der Waals surface area contributed by atoms with Crippen LogP contribution in [0, 0.1) is 24.1 Å². The molecule has 2 aromatic heterocycles. The smallest absolute Gasteiger partial charge is 0.213 e. The quantitative estimate of drug-likeness (QED) is 0.580. The number of benzene rings is 1. The summed E-state index contributed by atoms with van der Waals surface area (Å²) in [5, 5.41) is 3.44. The SMILES string of the molecule is C#Cc1cc(Nc2ncnc3cnc(F)cc23)ccc1F. The first-order chi connectivity index (χ1) is 10.2. The molecule has 102 valence electrons. The lowest BCUT2D eigenvalue weighted by Crippen LogP contribution is -1.98. The standard InChI is InChI=1S/C15H8F2N4/c1-2-9-5-10(3-4-12(9)16)21-15-11-6-14(17)18-7-13(11)19-8-20-15/h1,3-8H,(H,19,20,21). The minimum Gasteiger partial charge on any atom is -0.340 e. The second-order valence-corrected chi connectivity index (χ2v) is 4.21. The number of pyridine rings is 1. The Morgan fingerprint density at radius 2 is 1.95 bits per heavy atom. The third-order valence-corrected chi connectivity index (χ3v) is 2.87. The number of hydrogen-bond donors (Lipinski definition) is 1. The average molecular weight is 282 g/mol. The number of rotatable bonds is 2. The van der Waals surface area contributed by atoms with Gasteiger partial charge in [-0.2, -0.15) is 4.39 Å². The van der Waals surface area contributed by atoms with Gasteiger partial charge in [-0.05, 0) is 18.2 Å². The highest BCUT2D eigenvalue weighted by Gasteiger charge is 2.07. The highest BCUT2D eigenvalue weighted by molar-refractivity contribution is 5.89. The molecule has 0 amide bonds. The Balaban J connectivity index is 2.06. The fourth-order valence-electron chi connectivity index (χ4n) is 1.88. The van der Waals surface area contributed by atoms with Crippen molar-refractivity contribution >= 4 is 22.4 Å². The van der Waals surface area contributed by atoms with E-state index in [1.54, 1.807) is 0 Å². The van der Waals surface area contributed by atoms with Crippen LogP contribution in [0.5, 0.6) is 0 Å². The van der Waals surface area contributed by atoms with Crippen molar-refractivity contribution in [1.82, 2.24) is 15.0 Å². The summed E-state index contributed by atoms with van der Waals surface area (Å²) in [4.78, 5) is 11.6. The summed E-state index contributed by atoms with van der Waals surface area (Å²) in [5.41, 5.74) is 1.17. The summed E-state index contributed by atoms with van der Waals surface area (Å²) in [6.45, 7) is 0. The molecule has 1 aromatic carbocycles. The van der Waals surface area contributed by atoms with Crippen molar-refractivity contribution < 1.29 is 8.78 Å². The Hall–Kier alpha value is -3.07. The molecule has 0 bridgehead atoms. The van der Waals surface area contributed by atoms with E-state index in [2.05, 4.69) is 26.2 Å². The number of nitrogens with one attached hydrogen (secondary N) is 1. The molecule has 0 aliphatic rings. The van der Waals surface area contributed by atoms with E-state index in [-0.39, 0.29) is 5.56 Å². The molecule has 1 N–H and O–H groups in total. The highest BCUT2D eigenvalue weighted by atomic mass is 19.1. The minimum atomic E-state index is -0.635. The van der Waals surface area contributed by atoms with Crippen LogP contribution in [0.2, 0.25) is 0 Å². The van der Waals surface area contributed by atoms with Gasteiger partial charge in [-0.25, -0.2) is 19.3 Å². The van der Waals surface area contributed by atoms with Gasteiger partial charge in [0, 0.05) is 17.1 Å². The van der Waals surface area contributed by atoms with E-state index in [0.717, 1.165) is 0 Å². The topological polar surface area (TPSA) is 50.7 Å². The number of aromatic nitrogens is 3. The molecule has 3 rings (SSSR count). The van der Waals surface area contributed by atoms with Crippen molar-refractivity contribution in [2.75, 3.05) is 5.32 Å². The molecule has 3 aromatic rings. The Bertz CT molecular complexity index is 871.